The molecular weight excluding hydrogens is 501 g/mol. The molecule has 7 nitrogen and oxygen atoms in total. The van der Waals surface area contributed by atoms with E-state index in [0.717, 1.165) is 0 Å². The van der Waals surface area contributed by atoms with E-state index >= 15 is 0 Å². The maximum Gasteiger partial charge on any atom is 0.453 e. The topological polar surface area (TPSA) is 82.1 Å². The van der Waals surface area contributed by atoms with E-state index < -0.39 is 44.9 Å². The lowest BCUT2D eigenvalue weighted by Gasteiger charge is -2.41. The molecule has 0 radical (unpaired) electrons. The summed E-state index contributed by atoms with van der Waals surface area (Å²) in [5.74, 6) is -5.46. The summed E-state index contributed by atoms with van der Waals surface area (Å²) < 4.78 is 106. The number of rotatable bonds is 10. The number of sulfonamides is 1. The largest absolute Gasteiger partial charge is 0.459 e. The first-order valence-corrected chi connectivity index (χ1v) is 13.3. The Kier molecular flexibility index (Phi) is 9.96. The van der Waals surface area contributed by atoms with E-state index in [1.807, 2.05) is 0 Å². The molecule has 0 aromatic heterocycles. The van der Waals surface area contributed by atoms with Crippen molar-refractivity contribution in [2.75, 3.05) is 32.9 Å². The van der Waals surface area contributed by atoms with Crippen LogP contribution in [0.15, 0.2) is 0 Å². The van der Waals surface area contributed by atoms with Gasteiger partial charge in [0.05, 0.1) is 6.10 Å². The Bertz CT molecular complexity index is 798. The summed E-state index contributed by atoms with van der Waals surface area (Å²) >= 11 is 0. The summed E-state index contributed by atoms with van der Waals surface area (Å²) in [7, 11) is -4.04. The lowest BCUT2D eigenvalue weighted by molar-refractivity contribution is -0.284. The average molecular weight is 538 g/mol. The second-order valence-electron chi connectivity index (χ2n) is 10.1. The number of halogens is 5. The molecule has 0 unspecified atom stereocenters. The number of ether oxygens (including phenoxy) is 3. The molecule has 0 atom stereocenters. The summed E-state index contributed by atoms with van der Waals surface area (Å²) in [5.41, 5.74) is -0.846. The molecule has 0 amide bonds. The Hall–Kier alpha value is -1.05. The minimum absolute atomic E-state index is 0.00800. The van der Waals surface area contributed by atoms with Crippen molar-refractivity contribution in [2.24, 2.45) is 0 Å². The highest BCUT2D eigenvalue weighted by atomic mass is 32.2. The van der Waals surface area contributed by atoms with E-state index in [4.69, 9.17) is 14.2 Å². The summed E-state index contributed by atoms with van der Waals surface area (Å²) in [6, 6.07) is 0. The lowest BCUT2D eigenvalue weighted by Crippen LogP contribution is -2.59. The zero-order valence-corrected chi connectivity index (χ0v) is 21.3. The Labute approximate surface area is 203 Å². The number of hydrogen-bond acceptors (Lipinski definition) is 6. The second-order valence-corrected chi connectivity index (χ2v) is 12.3. The minimum Gasteiger partial charge on any atom is -0.459 e. The molecule has 0 spiro atoms. The Morgan fingerprint density at radius 2 is 1.57 bits per heavy atom. The molecule has 0 bridgehead atoms. The van der Waals surface area contributed by atoms with Gasteiger partial charge >= 0.3 is 18.1 Å². The van der Waals surface area contributed by atoms with Gasteiger partial charge in [-0.1, -0.05) is 6.42 Å². The molecule has 2 fully saturated rings. The molecule has 0 aromatic rings. The highest BCUT2D eigenvalue weighted by Gasteiger charge is 2.57. The van der Waals surface area contributed by atoms with Gasteiger partial charge in [-0.15, -0.1) is 0 Å². The third-order valence-electron chi connectivity index (χ3n) is 6.21. The first-order chi connectivity index (χ1) is 16.0. The number of carbonyl (C=O) groups is 1. The lowest BCUT2D eigenvalue weighted by atomic mass is 9.99. The van der Waals surface area contributed by atoms with Crippen LogP contribution in [0.5, 0.6) is 0 Å². The quantitative estimate of drug-likeness (QED) is 0.233. The molecular formula is C22H36F5NO6S. The highest BCUT2D eigenvalue weighted by molar-refractivity contribution is 7.91. The van der Waals surface area contributed by atoms with Gasteiger partial charge in [0.25, 0.3) is 0 Å². The van der Waals surface area contributed by atoms with E-state index in [2.05, 4.69) is 0 Å². The van der Waals surface area contributed by atoms with Crippen molar-refractivity contribution in [1.82, 2.24) is 4.31 Å². The molecule has 2 heterocycles. The average Bonchev–Trinajstić information content (AvgIpc) is 2.75. The third-order valence-corrected chi connectivity index (χ3v) is 8.82. The van der Waals surface area contributed by atoms with Gasteiger partial charge in [-0.2, -0.15) is 22.0 Å². The van der Waals surface area contributed by atoms with Gasteiger partial charge in [-0.25, -0.2) is 12.7 Å². The summed E-state index contributed by atoms with van der Waals surface area (Å²) in [4.78, 5) is 13.0. The molecule has 0 saturated carbocycles. The van der Waals surface area contributed by atoms with Crippen molar-refractivity contribution >= 4 is 16.0 Å². The number of unbranched alkanes of at least 4 members (excludes halogenated alkanes) is 2. The van der Waals surface area contributed by atoms with Gasteiger partial charge in [0.2, 0.25) is 10.0 Å². The van der Waals surface area contributed by atoms with Crippen molar-refractivity contribution in [3.63, 3.8) is 0 Å². The SMILES string of the molecule is CC(C)(C)OC(=O)C1(S(=O)(=O)N2CCC(OCCCCCC(F)(F)C(F)(F)F)CC2)CCOCC1. The molecule has 0 aliphatic carbocycles. The van der Waals surface area contributed by atoms with Gasteiger partial charge in [-0.3, -0.25) is 4.79 Å². The normalized spacial score (nSPS) is 21.1. The van der Waals surface area contributed by atoms with Crippen molar-refractivity contribution in [3.8, 4) is 0 Å². The van der Waals surface area contributed by atoms with Crippen LogP contribution in [0.3, 0.4) is 0 Å². The third kappa shape index (κ3) is 7.72. The van der Waals surface area contributed by atoms with Crippen LogP contribution in [0, 0.1) is 0 Å². The van der Waals surface area contributed by atoms with Gasteiger partial charge in [-0.05, 0) is 46.5 Å². The summed E-state index contributed by atoms with van der Waals surface area (Å²) in [6.45, 7) is 5.78. The maximum absolute atomic E-state index is 13.6. The van der Waals surface area contributed by atoms with Crippen LogP contribution in [0.25, 0.3) is 0 Å². The molecule has 2 aliphatic rings. The molecule has 0 aromatic carbocycles. The van der Waals surface area contributed by atoms with Crippen molar-refractivity contribution in [2.45, 2.75) is 101 Å². The molecule has 0 N–H and O–H groups in total. The number of piperidine rings is 1. The zero-order chi connectivity index (χ0) is 26.5. The zero-order valence-electron chi connectivity index (χ0n) is 20.5. The molecule has 2 saturated heterocycles. The van der Waals surface area contributed by atoms with Crippen LogP contribution in [-0.4, -0.2) is 80.2 Å². The van der Waals surface area contributed by atoms with Crippen molar-refractivity contribution in [3.05, 3.63) is 0 Å². The van der Waals surface area contributed by atoms with E-state index in [-0.39, 0.29) is 64.7 Å². The van der Waals surface area contributed by atoms with Crippen LogP contribution in [-0.2, 0) is 29.0 Å². The van der Waals surface area contributed by atoms with E-state index in [0.29, 0.717) is 19.3 Å². The van der Waals surface area contributed by atoms with Gasteiger partial charge in [0, 0.05) is 52.2 Å². The Morgan fingerprint density at radius 3 is 2.09 bits per heavy atom. The number of nitrogens with zero attached hydrogens (tertiary/aromatic N) is 1. The molecule has 2 rings (SSSR count). The number of esters is 1. The summed E-state index contributed by atoms with van der Waals surface area (Å²) in [6.07, 6.45) is -6.05. The van der Waals surface area contributed by atoms with Gasteiger partial charge < -0.3 is 14.2 Å². The summed E-state index contributed by atoms with van der Waals surface area (Å²) in [5, 5.41) is 0. The van der Waals surface area contributed by atoms with Crippen LogP contribution >= 0.6 is 0 Å². The van der Waals surface area contributed by atoms with Crippen molar-refractivity contribution < 1.29 is 49.4 Å². The number of alkyl halides is 5. The van der Waals surface area contributed by atoms with E-state index in [9.17, 15) is 35.2 Å². The van der Waals surface area contributed by atoms with Crippen molar-refractivity contribution in [1.29, 1.82) is 0 Å². The highest BCUT2D eigenvalue weighted by Crippen LogP contribution is 2.39. The molecule has 206 valence electrons. The Balaban J connectivity index is 1.84. The fraction of sp³-hybridized carbons (Fsp3) is 0.955. The van der Waals surface area contributed by atoms with Gasteiger partial charge in [0.1, 0.15) is 5.60 Å². The number of hydrogen-bond donors (Lipinski definition) is 0. The van der Waals surface area contributed by atoms with Crippen LogP contribution in [0.1, 0.15) is 72.1 Å². The maximum atomic E-state index is 13.6. The first-order valence-electron chi connectivity index (χ1n) is 11.9. The number of carbonyl (C=O) groups excluding carboxylic acids is 1. The molecule has 35 heavy (non-hydrogen) atoms. The van der Waals surface area contributed by atoms with E-state index in [1.165, 1.54) is 4.31 Å². The predicted molar refractivity (Wildman–Crippen MR) is 118 cm³/mol. The van der Waals surface area contributed by atoms with E-state index in [1.54, 1.807) is 20.8 Å². The van der Waals surface area contributed by atoms with Crippen LogP contribution in [0.2, 0.25) is 0 Å². The smallest absolute Gasteiger partial charge is 0.453 e. The minimum atomic E-state index is -5.54. The fourth-order valence-corrected chi connectivity index (χ4v) is 6.26. The second kappa shape index (κ2) is 11.6. The Morgan fingerprint density at radius 1 is 1.00 bits per heavy atom. The molecule has 2 aliphatic heterocycles. The van der Waals surface area contributed by atoms with Crippen LogP contribution < -0.4 is 0 Å². The van der Waals surface area contributed by atoms with Crippen LogP contribution in [0.4, 0.5) is 22.0 Å². The predicted octanol–water partition coefficient (Wildman–Crippen LogP) is 4.45. The first kappa shape index (κ1) is 30.2. The monoisotopic (exact) mass is 537 g/mol. The van der Waals surface area contributed by atoms with Gasteiger partial charge in [0.15, 0.2) is 4.75 Å². The standard InChI is InChI=1S/C22H36F5NO6S/c1-19(2,3)34-18(29)20(10-15-32-16-11-20)35(30,31)28-12-7-17(8-13-28)33-14-6-4-5-9-21(23,24)22(25,26)27/h17H,4-16H2,1-3H3. The fourth-order valence-electron chi connectivity index (χ4n) is 4.14. The molecule has 13 heteroatoms.